The number of hydrogen-bond acceptors (Lipinski definition) is 4. The maximum atomic E-state index is 5.70. The Balaban J connectivity index is 1.52. The molecule has 0 radical (unpaired) electrons. The first-order valence-electron chi connectivity index (χ1n) is 5.55. The monoisotopic (exact) mass is 194 g/mol. The van der Waals surface area contributed by atoms with Crippen molar-refractivity contribution in [2.75, 3.05) is 0 Å². The molecule has 2 saturated carbocycles. The van der Waals surface area contributed by atoms with Crippen molar-refractivity contribution in [3.63, 3.8) is 0 Å². The van der Waals surface area contributed by atoms with Gasteiger partial charge >= 0.3 is 0 Å². The van der Waals surface area contributed by atoms with Crippen molar-refractivity contribution in [1.82, 2.24) is 0 Å². The van der Waals surface area contributed by atoms with Crippen molar-refractivity contribution in [2.45, 2.75) is 48.8 Å². The fourth-order valence-corrected chi connectivity index (χ4v) is 4.09. The maximum absolute atomic E-state index is 5.70. The van der Waals surface area contributed by atoms with E-state index in [1.807, 2.05) is 0 Å². The van der Waals surface area contributed by atoms with Gasteiger partial charge in [0.1, 0.15) is 24.4 Å². The molecule has 4 nitrogen and oxygen atoms in total. The Labute approximate surface area is 80.4 Å². The van der Waals surface area contributed by atoms with E-state index in [0.29, 0.717) is 60.7 Å². The molecule has 8 unspecified atom stereocenters. The van der Waals surface area contributed by atoms with Crippen LogP contribution in [0.2, 0.25) is 0 Å². The van der Waals surface area contributed by atoms with E-state index in [1.165, 1.54) is 0 Å². The summed E-state index contributed by atoms with van der Waals surface area (Å²) in [5.41, 5.74) is 0. The fraction of sp³-hybridized carbons (Fsp3) is 1.00. The van der Waals surface area contributed by atoms with Crippen LogP contribution in [-0.2, 0) is 18.9 Å². The van der Waals surface area contributed by atoms with E-state index >= 15 is 0 Å². The topological polar surface area (TPSA) is 50.1 Å². The highest BCUT2D eigenvalue weighted by Crippen LogP contribution is 2.65. The van der Waals surface area contributed by atoms with Gasteiger partial charge in [-0.3, -0.25) is 0 Å². The molecule has 74 valence electrons. The third-order valence-corrected chi connectivity index (χ3v) is 4.86. The second-order valence-corrected chi connectivity index (χ2v) is 5.42. The number of rotatable bonds is 0. The van der Waals surface area contributed by atoms with Crippen molar-refractivity contribution in [1.29, 1.82) is 0 Å². The first-order chi connectivity index (χ1) is 6.93. The number of hydrogen-bond donors (Lipinski definition) is 0. The molecule has 0 bridgehead atoms. The Hall–Kier alpha value is -0.160. The van der Waals surface area contributed by atoms with E-state index in [4.69, 9.17) is 18.9 Å². The van der Waals surface area contributed by atoms with Crippen molar-refractivity contribution in [3.8, 4) is 0 Å². The summed E-state index contributed by atoms with van der Waals surface area (Å²) in [7, 11) is 0. The fourth-order valence-electron chi connectivity index (χ4n) is 4.09. The van der Waals surface area contributed by atoms with E-state index in [2.05, 4.69) is 0 Å². The minimum atomic E-state index is 0.404. The van der Waals surface area contributed by atoms with Crippen LogP contribution in [0, 0.1) is 11.8 Å². The van der Waals surface area contributed by atoms with Gasteiger partial charge in [-0.2, -0.15) is 0 Å². The quantitative estimate of drug-likeness (QED) is 0.479. The minimum Gasteiger partial charge on any atom is -0.366 e. The highest BCUT2D eigenvalue weighted by molar-refractivity contribution is 5.27. The first kappa shape index (κ1) is 6.43. The van der Waals surface area contributed by atoms with Gasteiger partial charge in [-0.25, -0.2) is 0 Å². The number of ether oxygens (including phenoxy) is 4. The first-order valence-corrected chi connectivity index (χ1v) is 5.55. The second-order valence-electron chi connectivity index (χ2n) is 5.42. The predicted molar refractivity (Wildman–Crippen MR) is 41.6 cm³/mol. The summed E-state index contributed by atoms with van der Waals surface area (Å²) in [5.74, 6) is 1.16. The average molecular weight is 194 g/mol. The zero-order chi connectivity index (χ0) is 8.60. The lowest BCUT2D eigenvalue weighted by molar-refractivity contribution is 0.135. The van der Waals surface area contributed by atoms with Gasteiger partial charge in [-0.05, 0) is 0 Å². The summed E-state index contributed by atoms with van der Waals surface area (Å²) < 4.78 is 22.8. The molecule has 0 aromatic heterocycles. The molecule has 0 aromatic rings. The zero-order valence-corrected chi connectivity index (χ0v) is 7.41. The second kappa shape index (κ2) is 1.57. The molecule has 8 atom stereocenters. The van der Waals surface area contributed by atoms with E-state index in [0.717, 1.165) is 0 Å². The highest BCUT2D eigenvalue weighted by Gasteiger charge is 2.81. The summed E-state index contributed by atoms with van der Waals surface area (Å²) in [5, 5.41) is 0. The molecular weight excluding hydrogens is 184 g/mol. The summed E-state index contributed by atoms with van der Waals surface area (Å²) in [6.07, 6.45) is 3.35. The van der Waals surface area contributed by atoms with Crippen molar-refractivity contribution in [2.24, 2.45) is 11.8 Å². The zero-order valence-electron chi connectivity index (χ0n) is 7.41. The Bertz CT molecular complexity index is 292. The van der Waals surface area contributed by atoms with Crippen LogP contribution >= 0.6 is 0 Å². The molecule has 14 heavy (non-hydrogen) atoms. The molecule has 4 heterocycles. The van der Waals surface area contributed by atoms with Crippen LogP contribution in [0.4, 0.5) is 0 Å². The lowest BCUT2D eigenvalue weighted by Crippen LogP contribution is -2.43. The van der Waals surface area contributed by atoms with Crippen LogP contribution in [0.5, 0.6) is 0 Å². The lowest BCUT2D eigenvalue weighted by atomic mass is 9.71. The van der Waals surface area contributed by atoms with Crippen LogP contribution in [0.3, 0.4) is 0 Å². The van der Waals surface area contributed by atoms with Gasteiger partial charge < -0.3 is 18.9 Å². The molecular formula is C10H10O4. The smallest absolute Gasteiger partial charge is 0.113 e. The van der Waals surface area contributed by atoms with Gasteiger partial charge in [0.2, 0.25) is 0 Å². The van der Waals surface area contributed by atoms with Crippen molar-refractivity contribution >= 4 is 0 Å². The van der Waals surface area contributed by atoms with Gasteiger partial charge in [0.25, 0.3) is 0 Å². The third-order valence-electron chi connectivity index (χ3n) is 4.86. The van der Waals surface area contributed by atoms with Crippen molar-refractivity contribution < 1.29 is 18.9 Å². The standard InChI is InChI=1S/C10H10O4/c11-3-1-2(5-9(13-5)7(3)11)6-10(14-6)8-4(1)12-8/h1-10H. The molecule has 4 saturated heterocycles. The van der Waals surface area contributed by atoms with Gasteiger partial charge in [0.15, 0.2) is 0 Å². The van der Waals surface area contributed by atoms with Crippen LogP contribution in [0.25, 0.3) is 0 Å². The summed E-state index contributed by atoms with van der Waals surface area (Å²) in [6.45, 7) is 0. The molecule has 0 amide bonds. The van der Waals surface area contributed by atoms with E-state index in [1.54, 1.807) is 0 Å². The normalized spacial score (nSPS) is 84.0. The molecule has 0 N–H and O–H groups in total. The largest absolute Gasteiger partial charge is 0.366 e. The molecule has 6 rings (SSSR count). The van der Waals surface area contributed by atoms with Crippen molar-refractivity contribution in [3.05, 3.63) is 0 Å². The predicted octanol–water partition coefficient (Wildman–Crippen LogP) is -0.684. The van der Waals surface area contributed by atoms with Crippen LogP contribution in [0.15, 0.2) is 0 Å². The average Bonchev–Trinajstić information content (AvgIpc) is 3.01. The Morgan fingerprint density at radius 3 is 0.929 bits per heavy atom. The summed E-state index contributed by atoms with van der Waals surface area (Å²) in [6, 6.07) is 0. The highest BCUT2D eigenvalue weighted by atomic mass is 16.7. The van der Waals surface area contributed by atoms with Crippen LogP contribution in [-0.4, -0.2) is 48.8 Å². The SMILES string of the molecule is O1C2C3OC3C3C4OC4C4OC4C3C12. The Kier molecular flexibility index (Phi) is 0.722. The van der Waals surface area contributed by atoms with E-state index < -0.39 is 0 Å². The van der Waals surface area contributed by atoms with Crippen LogP contribution < -0.4 is 0 Å². The third kappa shape index (κ3) is 0.518. The maximum Gasteiger partial charge on any atom is 0.113 e. The van der Waals surface area contributed by atoms with Crippen LogP contribution in [0.1, 0.15) is 0 Å². The molecule has 2 aliphatic carbocycles. The number of epoxide rings is 4. The van der Waals surface area contributed by atoms with Gasteiger partial charge in [0, 0.05) is 11.8 Å². The molecule has 4 heteroatoms. The minimum absolute atomic E-state index is 0.404. The molecule has 6 fully saturated rings. The molecule has 6 aliphatic rings. The summed E-state index contributed by atoms with van der Waals surface area (Å²) in [4.78, 5) is 0. The van der Waals surface area contributed by atoms with Gasteiger partial charge in [-0.15, -0.1) is 0 Å². The van der Waals surface area contributed by atoms with E-state index in [-0.39, 0.29) is 0 Å². The van der Waals surface area contributed by atoms with Gasteiger partial charge in [-0.1, -0.05) is 0 Å². The van der Waals surface area contributed by atoms with E-state index in [9.17, 15) is 0 Å². The summed E-state index contributed by atoms with van der Waals surface area (Å²) >= 11 is 0. The molecule has 4 aliphatic heterocycles. The Morgan fingerprint density at radius 2 is 0.643 bits per heavy atom. The van der Waals surface area contributed by atoms with Gasteiger partial charge in [0.05, 0.1) is 24.4 Å². The Morgan fingerprint density at radius 1 is 0.357 bits per heavy atom. The number of fused-ring (bicyclic) bond motifs is 11. The lowest BCUT2D eigenvalue weighted by Gasteiger charge is -2.26. The molecule has 0 aromatic carbocycles. The molecule has 0 spiro atoms.